The van der Waals surface area contributed by atoms with Crippen molar-refractivity contribution in [1.82, 2.24) is 9.55 Å². The van der Waals surface area contributed by atoms with Crippen LogP contribution in [0, 0.1) is 6.92 Å². The Hall–Kier alpha value is -3.62. The van der Waals surface area contributed by atoms with E-state index in [4.69, 9.17) is 23.1 Å². The van der Waals surface area contributed by atoms with E-state index in [1.165, 1.54) is 20.0 Å². The summed E-state index contributed by atoms with van der Waals surface area (Å²) in [5.74, 6) is -0.698. The summed E-state index contributed by atoms with van der Waals surface area (Å²) in [5, 5.41) is 0. The van der Waals surface area contributed by atoms with Crippen molar-refractivity contribution in [2.45, 2.75) is 51.1 Å². The van der Waals surface area contributed by atoms with Gasteiger partial charge in [-0.25, -0.2) is 4.79 Å². The molecule has 1 aliphatic rings. The summed E-state index contributed by atoms with van der Waals surface area (Å²) in [5.41, 5.74) is -1.29. The van der Waals surface area contributed by atoms with Crippen LogP contribution in [-0.2, 0) is 51.3 Å². The van der Waals surface area contributed by atoms with Crippen LogP contribution in [0.3, 0.4) is 0 Å². The summed E-state index contributed by atoms with van der Waals surface area (Å²) in [4.78, 5) is 39.5. The van der Waals surface area contributed by atoms with Crippen LogP contribution in [0.1, 0.15) is 29.8 Å². The molecule has 1 N–H and O–H groups in total. The maximum absolute atomic E-state index is 12.9. The molecule has 2 aromatic carbocycles. The summed E-state index contributed by atoms with van der Waals surface area (Å²) >= 11 is 0. The third-order valence-corrected chi connectivity index (χ3v) is 6.97. The first-order valence-corrected chi connectivity index (χ1v) is 14.6. The first-order chi connectivity index (χ1) is 19.5. The van der Waals surface area contributed by atoms with E-state index in [-0.39, 0.29) is 25.4 Å². The molecule has 13 heteroatoms. The molecule has 0 unspecified atom stereocenters. The average Bonchev–Trinajstić information content (AvgIpc) is 3.21. The molecule has 4 rings (SSSR count). The molecule has 0 bridgehead atoms. The van der Waals surface area contributed by atoms with Crippen molar-refractivity contribution in [2.24, 2.45) is 0 Å². The molecule has 0 aliphatic carbocycles. The number of aryl methyl sites for hydroxylation is 1. The molecule has 1 aromatic heterocycles. The molecule has 0 saturated carbocycles. The number of hydrogen-bond donors (Lipinski definition) is 1. The Morgan fingerprint density at radius 1 is 1.00 bits per heavy atom. The molecule has 1 saturated heterocycles. The fraction of sp³-hybridized carbons (Fsp3) is 0.393. The number of nitrogens with zero attached hydrogens (tertiary/aromatic N) is 1. The van der Waals surface area contributed by atoms with Gasteiger partial charge in [0.2, 0.25) is 0 Å². The third-order valence-electron chi connectivity index (χ3n) is 6.42. The highest BCUT2D eigenvalue weighted by Gasteiger charge is 2.59. The van der Waals surface area contributed by atoms with Gasteiger partial charge in [-0.3, -0.25) is 23.3 Å². The minimum absolute atomic E-state index is 0.0260. The monoisotopic (exact) mass is 588 g/mol. The van der Waals surface area contributed by atoms with E-state index < -0.39 is 58.0 Å². The largest absolute Gasteiger partial charge is 0.455 e. The molecule has 0 radical (unpaired) electrons. The lowest BCUT2D eigenvalue weighted by atomic mass is 9.96. The lowest BCUT2D eigenvalue weighted by molar-refractivity contribution is -0.171. The second kappa shape index (κ2) is 12.9. The summed E-state index contributed by atoms with van der Waals surface area (Å²) in [6, 6.07) is 18.4. The van der Waals surface area contributed by atoms with Gasteiger partial charge in [-0.1, -0.05) is 60.7 Å². The van der Waals surface area contributed by atoms with Crippen molar-refractivity contribution in [1.29, 1.82) is 0 Å². The number of carbonyl (C=O) groups excluding carboxylic acids is 1. The van der Waals surface area contributed by atoms with Crippen LogP contribution in [0.4, 0.5) is 0 Å². The number of carbonyl (C=O) groups is 1. The van der Waals surface area contributed by atoms with E-state index in [2.05, 4.69) is 4.98 Å². The molecular formula is C28H32N2O10S. The Kier molecular flexibility index (Phi) is 9.56. The summed E-state index contributed by atoms with van der Waals surface area (Å²) < 4.78 is 54.8. The number of esters is 1. The molecule has 1 fully saturated rings. The minimum atomic E-state index is -3.98. The fourth-order valence-corrected chi connectivity index (χ4v) is 4.94. The highest BCUT2D eigenvalue weighted by Crippen LogP contribution is 2.42. The summed E-state index contributed by atoms with van der Waals surface area (Å²) in [7, 11) is -3.98. The maximum Gasteiger partial charge on any atom is 0.330 e. The topological polar surface area (TPSA) is 152 Å². The lowest BCUT2D eigenvalue weighted by Gasteiger charge is -2.34. The minimum Gasteiger partial charge on any atom is -0.455 e. The highest BCUT2D eigenvalue weighted by molar-refractivity contribution is 7.85. The van der Waals surface area contributed by atoms with Gasteiger partial charge in [0.1, 0.15) is 18.3 Å². The zero-order valence-corrected chi connectivity index (χ0v) is 23.7. The standard InChI is InChI=1S/C28H32N2O10S/c1-19-14-30(27(33)29-25(19)32)26-23(39-20(2)31)24(37-16-22-12-8-5-9-13-22)28(40-26,18-38-41(3,34)35)17-36-15-21-10-6-4-7-11-21/h4-14,23-24,26H,15-18H2,1-3H3,(H,29,32,33)/t23-,24+,26-,28+/m1/s1. The zero-order valence-electron chi connectivity index (χ0n) is 22.8. The van der Waals surface area contributed by atoms with Crippen LogP contribution in [0.2, 0.25) is 0 Å². The molecule has 1 aliphatic heterocycles. The van der Waals surface area contributed by atoms with E-state index in [1.54, 1.807) is 0 Å². The Balaban J connectivity index is 1.79. The van der Waals surface area contributed by atoms with Gasteiger partial charge >= 0.3 is 11.7 Å². The normalized spacial score (nSPS) is 22.5. The Labute approximate surface area is 236 Å². The number of H-pyrrole nitrogens is 1. The molecule has 12 nitrogen and oxygen atoms in total. The van der Waals surface area contributed by atoms with E-state index in [1.807, 2.05) is 60.7 Å². The first-order valence-electron chi connectivity index (χ1n) is 12.8. The van der Waals surface area contributed by atoms with Crippen LogP contribution < -0.4 is 11.2 Å². The van der Waals surface area contributed by atoms with Gasteiger partial charge in [0, 0.05) is 18.7 Å². The van der Waals surface area contributed by atoms with Crippen molar-refractivity contribution in [3.63, 3.8) is 0 Å². The third kappa shape index (κ3) is 7.77. The SMILES string of the molecule is CC(=O)O[C@H]1[C@H](n2cc(C)c(=O)[nH]c2=O)O[C@@](COCc2ccccc2)(COS(C)(=O)=O)[C@H]1OCc1ccccc1. The summed E-state index contributed by atoms with van der Waals surface area (Å²) in [6.45, 7) is 2.00. The summed E-state index contributed by atoms with van der Waals surface area (Å²) in [6.07, 6.45) is -1.60. The first kappa shape index (κ1) is 30.3. The van der Waals surface area contributed by atoms with Gasteiger partial charge in [0.25, 0.3) is 15.7 Å². The van der Waals surface area contributed by atoms with E-state index >= 15 is 0 Å². The predicted octanol–water partition coefficient (Wildman–Crippen LogP) is 1.82. The van der Waals surface area contributed by atoms with Crippen molar-refractivity contribution < 1.29 is 36.3 Å². The zero-order chi connectivity index (χ0) is 29.6. The van der Waals surface area contributed by atoms with Gasteiger partial charge in [-0.15, -0.1) is 0 Å². The van der Waals surface area contributed by atoms with Crippen LogP contribution in [-0.4, -0.2) is 61.2 Å². The second-order valence-corrected chi connectivity index (χ2v) is 11.4. The average molecular weight is 589 g/mol. The molecule has 3 aromatic rings. The Bertz CT molecular complexity index is 1560. The maximum atomic E-state index is 12.9. The number of rotatable bonds is 12. The van der Waals surface area contributed by atoms with Crippen LogP contribution >= 0.6 is 0 Å². The molecule has 41 heavy (non-hydrogen) atoms. The van der Waals surface area contributed by atoms with E-state index in [0.29, 0.717) is 0 Å². The van der Waals surface area contributed by atoms with Crippen molar-refractivity contribution in [3.05, 3.63) is 104 Å². The van der Waals surface area contributed by atoms with E-state index in [0.717, 1.165) is 21.9 Å². The molecule has 0 spiro atoms. The second-order valence-electron chi connectivity index (χ2n) is 9.79. The lowest BCUT2D eigenvalue weighted by Crippen LogP contribution is -2.53. The number of aromatic amines is 1. The van der Waals surface area contributed by atoms with Crippen LogP contribution in [0.25, 0.3) is 0 Å². The van der Waals surface area contributed by atoms with Gasteiger partial charge in [-0.2, -0.15) is 8.42 Å². The number of ether oxygens (including phenoxy) is 4. The predicted molar refractivity (Wildman–Crippen MR) is 146 cm³/mol. The Morgan fingerprint density at radius 3 is 2.20 bits per heavy atom. The van der Waals surface area contributed by atoms with Crippen molar-refractivity contribution >= 4 is 16.1 Å². The molecular weight excluding hydrogens is 556 g/mol. The van der Waals surface area contributed by atoms with Crippen molar-refractivity contribution in [3.8, 4) is 0 Å². The molecule has 220 valence electrons. The van der Waals surface area contributed by atoms with Gasteiger partial charge in [0.15, 0.2) is 12.3 Å². The quantitative estimate of drug-likeness (QED) is 0.245. The molecule has 2 heterocycles. The number of nitrogens with one attached hydrogen (secondary N) is 1. The van der Waals surface area contributed by atoms with Crippen LogP contribution in [0.5, 0.6) is 0 Å². The number of benzene rings is 2. The molecule has 4 atom stereocenters. The highest BCUT2D eigenvalue weighted by atomic mass is 32.2. The number of aromatic nitrogens is 2. The van der Waals surface area contributed by atoms with Gasteiger partial charge < -0.3 is 18.9 Å². The van der Waals surface area contributed by atoms with Crippen molar-refractivity contribution in [2.75, 3.05) is 19.5 Å². The number of hydrogen-bond acceptors (Lipinski definition) is 10. The van der Waals surface area contributed by atoms with Crippen LogP contribution in [0.15, 0.2) is 76.4 Å². The van der Waals surface area contributed by atoms with Gasteiger partial charge in [0.05, 0.1) is 26.1 Å². The smallest absolute Gasteiger partial charge is 0.330 e. The molecule has 0 amide bonds. The Morgan fingerprint density at radius 2 is 1.61 bits per heavy atom. The van der Waals surface area contributed by atoms with E-state index in [9.17, 15) is 22.8 Å². The van der Waals surface area contributed by atoms with Gasteiger partial charge in [-0.05, 0) is 18.1 Å². The fourth-order valence-electron chi connectivity index (χ4n) is 4.53.